The van der Waals surface area contributed by atoms with Crippen molar-refractivity contribution in [2.75, 3.05) is 23.7 Å². The van der Waals surface area contributed by atoms with Crippen LogP contribution < -0.4 is 10.6 Å². The summed E-state index contributed by atoms with van der Waals surface area (Å²) in [5, 5.41) is 10.4. The summed E-state index contributed by atoms with van der Waals surface area (Å²) in [4.78, 5) is 3.11. The van der Waals surface area contributed by atoms with Crippen LogP contribution in [0.4, 0.5) is 10.7 Å². The molecule has 0 atom stereocenters. The van der Waals surface area contributed by atoms with Gasteiger partial charge in [0.2, 0.25) is 0 Å². The van der Waals surface area contributed by atoms with Crippen molar-refractivity contribution in [3.63, 3.8) is 0 Å². The van der Waals surface area contributed by atoms with Crippen molar-refractivity contribution in [1.29, 1.82) is 5.26 Å². The molecule has 0 unspecified atom stereocenters. The van der Waals surface area contributed by atoms with Gasteiger partial charge in [0, 0.05) is 18.7 Å². The Bertz CT molecular complexity index is 448. The number of nitriles is 1. The van der Waals surface area contributed by atoms with Crippen molar-refractivity contribution < 1.29 is 0 Å². The van der Waals surface area contributed by atoms with Crippen molar-refractivity contribution in [1.82, 2.24) is 0 Å². The van der Waals surface area contributed by atoms with Crippen LogP contribution in [0.2, 0.25) is 0 Å². The van der Waals surface area contributed by atoms with E-state index in [1.165, 1.54) is 23.4 Å². The van der Waals surface area contributed by atoms with Crippen molar-refractivity contribution in [2.45, 2.75) is 45.4 Å². The van der Waals surface area contributed by atoms with E-state index in [-0.39, 0.29) is 0 Å². The third-order valence-electron chi connectivity index (χ3n) is 3.33. The van der Waals surface area contributed by atoms with Gasteiger partial charge in [-0.05, 0) is 31.6 Å². The van der Waals surface area contributed by atoms with Gasteiger partial charge in [-0.15, -0.1) is 11.3 Å². The highest BCUT2D eigenvalue weighted by Gasteiger charge is 2.32. The molecule has 4 heteroatoms. The molecule has 1 aliphatic rings. The molecule has 0 amide bonds. The molecule has 0 spiro atoms. The summed E-state index contributed by atoms with van der Waals surface area (Å²) in [5.74, 6) is 0.606. The Morgan fingerprint density at radius 1 is 1.33 bits per heavy atom. The molecule has 1 fully saturated rings. The first-order valence-electron chi connectivity index (χ1n) is 6.80. The van der Waals surface area contributed by atoms with Gasteiger partial charge in [0.25, 0.3) is 0 Å². The highest BCUT2D eigenvalue weighted by Crippen LogP contribution is 2.51. The summed E-state index contributed by atoms with van der Waals surface area (Å²) in [6.07, 6.45) is 4.71. The van der Waals surface area contributed by atoms with Crippen LogP contribution in [0.25, 0.3) is 0 Å². The lowest BCUT2D eigenvalue weighted by Gasteiger charge is -2.23. The Kier molecular flexibility index (Phi) is 4.13. The van der Waals surface area contributed by atoms with Gasteiger partial charge in [-0.25, -0.2) is 0 Å². The topological polar surface area (TPSA) is 53.0 Å². The molecule has 98 valence electrons. The molecule has 1 aliphatic carbocycles. The van der Waals surface area contributed by atoms with E-state index in [1.807, 2.05) is 0 Å². The highest BCUT2D eigenvalue weighted by atomic mass is 32.1. The average Bonchev–Trinajstić information content (AvgIpc) is 3.13. The molecule has 18 heavy (non-hydrogen) atoms. The normalized spacial score (nSPS) is 14.5. The molecule has 0 radical (unpaired) electrons. The molecule has 2 N–H and O–H groups in total. The minimum Gasteiger partial charge on any atom is -0.397 e. The summed E-state index contributed by atoms with van der Waals surface area (Å²) in [6, 6.07) is 2.24. The van der Waals surface area contributed by atoms with Gasteiger partial charge in [-0.3, -0.25) is 0 Å². The van der Waals surface area contributed by atoms with Gasteiger partial charge in [0.1, 0.15) is 10.9 Å². The predicted octanol–water partition coefficient (Wildman–Crippen LogP) is 3.71. The molecular weight excluding hydrogens is 242 g/mol. The molecule has 0 aliphatic heterocycles. The minimum atomic E-state index is 0.606. The lowest BCUT2D eigenvalue weighted by molar-refractivity contribution is 0.747. The smallest absolute Gasteiger partial charge is 0.130 e. The second-order valence-electron chi connectivity index (χ2n) is 4.94. The molecule has 0 saturated heterocycles. The van der Waals surface area contributed by atoms with E-state index >= 15 is 0 Å². The van der Waals surface area contributed by atoms with Crippen LogP contribution in [0.3, 0.4) is 0 Å². The fourth-order valence-corrected chi connectivity index (χ4v) is 3.54. The highest BCUT2D eigenvalue weighted by molar-refractivity contribution is 7.17. The number of thiophene rings is 1. The second kappa shape index (κ2) is 5.62. The van der Waals surface area contributed by atoms with Crippen LogP contribution in [0, 0.1) is 11.3 Å². The Labute approximate surface area is 113 Å². The maximum atomic E-state index is 9.16. The third kappa shape index (κ3) is 2.46. The number of nitrogens with two attached hydrogens (primary N) is 1. The van der Waals surface area contributed by atoms with E-state index in [9.17, 15) is 0 Å². The second-order valence-corrected chi connectivity index (χ2v) is 5.94. The molecule has 1 aromatic heterocycles. The molecular formula is C14H21N3S. The Morgan fingerprint density at radius 2 is 1.94 bits per heavy atom. The zero-order chi connectivity index (χ0) is 13.1. The van der Waals surface area contributed by atoms with Crippen LogP contribution in [0.15, 0.2) is 0 Å². The van der Waals surface area contributed by atoms with Gasteiger partial charge in [0.05, 0.1) is 10.7 Å². The molecule has 1 aromatic rings. The molecule has 1 saturated carbocycles. The third-order valence-corrected chi connectivity index (χ3v) is 4.51. The lowest BCUT2D eigenvalue weighted by atomic mass is 10.1. The molecule has 3 nitrogen and oxygen atoms in total. The van der Waals surface area contributed by atoms with E-state index in [1.54, 1.807) is 11.3 Å². The van der Waals surface area contributed by atoms with Gasteiger partial charge in [0.15, 0.2) is 0 Å². The summed E-state index contributed by atoms with van der Waals surface area (Å²) in [6.45, 7) is 6.50. The number of hydrogen-bond acceptors (Lipinski definition) is 4. The predicted molar refractivity (Wildman–Crippen MR) is 78.2 cm³/mol. The van der Waals surface area contributed by atoms with Gasteiger partial charge >= 0.3 is 0 Å². The molecule has 0 aromatic carbocycles. The summed E-state index contributed by atoms with van der Waals surface area (Å²) >= 11 is 1.58. The van der Waals surface area contributed by atoms with Gasteiger partial charge in [-0.1, -0.05) is 13.8 Å². The van der Waals surface area contributed by atoms with Crippen LogP contribution in [-0.4, -0.2) is 13.1 Å². The van der Waals surface area contributed by atoms with Crippen LogP contribution in [0.1, 0.15) is 55.9 Å². The molecule has 2 rings (SSSR count). The number of nitrogens with zero attached hydrogens (tertiary/aromatic N) is 2. The Balaban J connectivity index is 2.37. The van der Waals surface area contributed by atoms with Crippen LogP contribution in [0.5, 0.6) is 0 Å². The fourth-order valence-electron chi connectivity index (χ4n) is 2.38. The Morgan fingerprint density at radius 3 is 2.39 bits per heavy atom. The number of rotatable bonds is 6. The summed E-state index contributed by atoms with van der Waals surface area (Å²) in [7, 11) is 0. The minimum absolute atomic E-state index is 0.606. The molecule has 0 bridgehead atoms. The number of nitrogen functional groups attached to an aromatic ring is 1. The number of anilines is 2. The Hall–Kier alpha value is -1.21. The van der Waals surface area contributed by atoms with Crippen molar-refractivity contribution in [2.24, 2.45) is 0 Å². The summed E-state index contributed by atoms with van der Waals surface area (Å²) in [5.41, 5.74) is 8.16. The van der Waals surface area contributed by atoms with Crippen molar-refractivity contribution in [3.8, 4) is 6.07 Å². The quantitative estimate of drug-likeness (QED) is 0.851. The lowest BCUT2D eigenvalue weighted by Crippen LogP contribution is -2.24. The monoisotopic (exact) mass is 263 g/mol. The maximum absolute atomic E-state index is 9.16. The largest absolute Gasteiger partial charge is 0.397 e. The summed E-state index contributed by atoms with van der Waals surface area (Å²) < 4.78 is 0. The maximum Gasteiger partial charge on any atom is 0.130 e. The van der Waals surface area contributed by atoms with Crippen LogP contribution >= 0.6 is 11.3 Å². The van der Waals surface area contributed by atoms with E-state index in [4.69, 9.17) is 11.0 Å². The first kappa shape index (κ1) is 13.2. The number of hydrogen-bond donors (Lipinski definition) is 1. The molecule has 1 heterocycles. The van der Waals surface area contributed by atoms with E-state index < -0.39 is 0 Å². The first-order valence-corrected chi connectivity index (χ1v) is 7.61. The zero-order valence-corrected chi connectivity index (χ0v) is 12.0. The average molecular weight is 263 g/mol. The van der Waals surface area contributed by atoms with Crippen molar-refractivity contribution in [3.05, 3.63) is 10.4 Å². The van der Waals surface area contributed by atoms with E-state index in [0.717, 1.165) is 31.6 Å². The fraction of sp³-hybridized carbons (Fsp3) is 0.643. The standard InChI is InChI=1S/C14H21N3S/c1-3-7-17(8-4-2)14-12(10-5-6-10)13(16)11(9-15)18-14/h10H,3-8,16H2,1-2H3. The zero-order valence-electron chi connectivity index (χ0n) is 11.2. The SMILES string of the molecule is CCCN(CCC)c1sc(C#N)c(N)c1C1CC1. The van der Waals surface area contributed by atoms with Gasteiger partial charge in [-0.2, -0.15) is 5.26 Å². The van der Waals surface area contributed by atoms with Crippen LogP contribution in [-0.2, 0) is 0 Å². The first-order chi connectivity index (χ1) is 8.72. The van der Waals surface area contributed by atoms with Crippen molar-refractivity contribution >= 4 is 22.0 Å². The van der Waals surface area contributed by atoms with Gasteiger partial charge < -0.3 is 10.6 Å². The van der Waals surface area contributed by atoms with E-state index in [0.29, 0.717) is 10.8 Å². The van der Waals surface area contributed by atoms with E-state index in [2.05, 4.69) is 24.8 Å².